The lowest BCUT2D eigenvalue weighted by molar-refractivity contribution is -0.113. The highest BCUT2D eigenvalue weighted by Crippen LogP contribution is 2.06. The number of rotatable bonds is 4. The summed E-state index contributed by atoms with van der Waals surface area (Å²) in [5, 5.41) is 0. The summed E-state index contributed by atoms with van der Waals surface area (Å²) in [5.41, 5.74) is 11.9. The van der Waals surface area contributed by atoms with Gasteiger partial charge >= 0.3 is 0 Å². The van der Waals surface area contributed by atoms with Crippen molar-refractivity contribution >= 4 is 24.2 Å². The molecular weight excluding hydrogens is 218 g/mol. The Kier molecular flexibility index (Phi) is 4.62. The molecule has 5 nitrogen and oxygen atoms in total. The second kappa shape index (κ2) is 6.22. The first kappa shape index (κ1) is 12.6. The molecule has 1 amide bonds. The molecule has 0 aliphatic heterocycles. The molecule has 1 aromatic rings. The van der Waals surface area contributed by atoms with Gasteiger partial charge < -0.3 is 16.3 Å². The van der Waals surface area contributed by atoms with Crippen LogP contribution in [0.4, 0.5) is 0 Å². The van der Waals surface area contributed by atoms with Crippen LogP contribution in [0.3, 0.4) is 0 Å². The topological polar surface area (TPSA) is 98.5 Å². The SMILES string of the molecule is NC(N)=NC(=O)C=Cc1ccc(CC=O)cc1. The van der Waals surface area contributed by atoms with Crippen molar-refractivity contribution in [3.63, 3.8) is 0 Å². The summed E-state index contributed by atoms with van der Waals surface area (Å²) in [6, 6.07) is 7.24. The Morgan fingerprint density at radius 1 is 1.24 bits per heavy atom. The molecule has 88 valence electrons. The van der Waals surface area contributed by atoms with E-state index in [2.05, 4.69) is 4.99 Å². The molecule has 0 saturated carbocycles. The molecule has 17 heavy (non-hydrogen) atoms. The molecule has 0 bridgehead atoms. The highest BCUT2D eigenvalue weighted by molar-refractivity contribution is 5.99. The highest BCUT2D eigenvalue weighted by Gasteiger charge is 1.94. The van der Waals surface area contributed by atoms with Crippen LogP contribution in [0.15, 0.2) is 35.3 Å². The highest BCUT2D eigenvalue weighted by atomic mass is 16.1. The zero-order valence-electron chi connectivity index (χ0n) is 9.17. The average molecular weight is 231 g/mol. The summed E-state index contributed by atoms with van der Waals surface area (Å²) in [7, 11) is 0. The molecule has 0 aliphatic carbocycles. The van der Waals surface area contributed by atoms with E-state index in [-0.39, 0.29) is 5.96 Å². The lowest BCUT2D eigenvalue weighted by Gasteiger charge is -1.96. The summed E-state index contributed by atoms with van der Waals surface area (Å²) in [4.78, 5) is 24.7. The van der Waals surface area contributed by atoms with Crippen molar-refractivity contribution < 1.29 is 9.59 Å². The van der Waals surface area contributed by atoms with Gasteiger partial charge in [0.25, 0.3) is 5.91 Å². The molecule has 5 heteroatoms. The number of aldehydes is 1. The summed E-state index contributed by atoms with van der Waals surface area (Å²) < 4.78 is 0. The number of guanidine groups is 1. The maximum absolute atomic E-state index is 11.1. The van der Waals surface area contributed by atoms with Crippen molar-refractivity contribution in [2.24, 2.45) is 16.5 Å². The zero-order valence-corrected chi connectivity index (χ0v) is 9.17. The van der Waals surface area contributed by atoms with Gasteiger partial charge in [0.15, 0.2) is 5.96 Å². The van der Waals surface area contributed by atoms with Crippen molar-refractivity contribution in [1.29, 1.82) is 0 Å². The quantitative estimate of drug-likeness (QED) is 0.335. The third-order valence-corrected chi connectivity index (χ3v) is 1.96. The van der Waals surface area contributed by atoms with Crippen LogP contribution in [-0.2, 0) is 16.0 Å². The third kappa shape index (κ3) is 4.74. The summed E-state index contributed by atoms with van der Waals surface area (Å²) in [6.45, 7) is 0. The van der Waals surface area contributed by atoms with E-state index >= 15 is 0 Å². The van der Waals surface area contributed by atoms with Gasteiger partial charge in [0.1, 0.15) is 6.29 Å². The second-order valence-electron chi connectivity index (χ2n) is 3.32. The number of hydrogen-bond acceptors (Lipinski definition) is 2. The van der Waals surface area contributed by atoms with E-state index in [0.717, 1.165) is 17.4 Å². The molecule has 0 fully saturated rings. The molecule has 0 spiro atoms. The standard InChI is InChI=1S/C12H13N3O2/c13-12(14)15-11(17)6-5-9-1-3-10(4-2-9)7-8-16/h1-6,8H,7H2,(H4,13,14,15,17). The summed E-state index contributed by atoms with van der Waals surface area (Å²) >= 11 is 0. The van der Waals surface area contributed by atoms with Crippen molar-refractivity contribution in [3.8, 4) is 0 Å². The summed E-state index contributed by atoms with van der Waals surface area (Å²) in [5.74, 6) is -0.775. The Bertz CT molecular complexity index is 457. The Labute approximate surface area is 98.8 Å². The number of nitrogens with two attached hydrogens (primary N) is 2. The monoisotopic (exact) mass is 231 g/mol. The minimum absolute atomic E-state index is 0.263. The van der Waals surface area contributed by atoms with Gasteiger partial charge in [-0.05, 0) is 17.2 Å². The Morgan fingerprint density at radius 3 is 2.41 bits per heavy atom. The Morgan fingerprint density at radius 2 is 1.88 bits per heavy atom. The van der Waals surface area contributed by atoms with Crippen molar-refractivity contribution in [3.05, 3.63) is 41.5 Å². The van der Waals surface area contributed by atoms with E-state index in [1.165, 1.54) is 6.08 Å². The minimum atomic E-state index is -0.512. The fraction of sp³-hybridized carbons (Fsp3) is 0.0833. The molecule has 1 rings (SSSR count). The lowest BCUT2D eigenvalue weighted by Crippen LogP contribution is -2.23. The molecule has 0 aromatic heterocycles. The largest absolute Gasteiger partial charge is 0.370 e. The van der Waals surface area contributed by atoms with Crippen LogP contribution in [-0.4, -0.2) is 18.2 Å². The molecule has 1 aromatic carbocycles. The first-order valence-electron chi connectivity index (χ1n) is 4.96. The number of amides is 1. The number of carbonyl (C=O) groups is 2. The predicted molar refractivity (Wildman–Crippen MR) is 66.1 cm³/mol. The maximum Gasteiger partial charge on any atom is 0.272 e. The summed E-state index contributed by atoms with van der Waals surface area (Å²) in [6.07, 6.45) is 4.10. The van der Waals surface area contributed by atoms with Gasteiger partial charge in [0.05, 0.1) is 0 Å². The van der Waals surface area contributed by atoms with Crippen LogP contribution in [0.25, 0.3) is 6.08 Å². The molecule has 0 unspecified atom stereocenters. The second-order valence-corrected chi connectivity index (χ2v) is 3.32. The van der Waals surface area contributed by atoms with Crippen LogP contribution in [0.5, 0.6) is 0 Å². The minimum Gasteiger partial charge on any atom is -0.370 e. The lowest BCUT2D eigenvalue weighted by atomic mass is 10.1. The van der Waals surface area contributed by atoms with E-state index in [4.69, 9.17) is 11.5 Å². The van der Waals surface area contributed by atoms with E-state index < -0.39 is 5.91 Å². The van der Waals surface area contributed by atoms with Crippen molar-refractivity contribution in [2.75, 3.05) is 0 Å². The average Bonchev–Trinajstić information content (AvgIpc) is 2.28. The van der Waals surface area contributed by atoms with Gasteiger partial charge in [-0.1, -0.05) is 24.3 Å². The van der Waals surface area contributed by atoms with Crippen LogP contribution in [0, 0.1) is 0 Å². The molecular formula is C12H13N3O2. The molecule has 0 saturated heterocycles. The molecule has 0 radical (unpaired) electrons. The fourth-order valence-corrected chi connectivity index (χ4v) is 1.19. The number of benzene rings is 1. The van der Waals surface area contributed by atoms with Gasteiger partial charge in [-0.2, -0.15) is 4.99 Å². The number of carbonyl (C=O) groups excluding carboxylic acids is 2. The van der Waals surface area contributed by atoms with Gasteiger partial charge in [-0.3, -0.25) is 4.79 Å². The normalized spacial score (nSPS) is 10.1. The van der Waals surface area contributed by atoms with Crippen LogP contribution >= 0.6 is 0 Å². The Balaban J connectivity index is 2.69. The zero-order chi connectivity index (χ0) is 12.7. The van der Waals surface area contributed by atoms with Crippen LogP contribution in [0.1, 0.15) is 11.1 Å². The van der Waals surface area contributed by atoms with Crippen LogP contribution in [0.2, 0.25) is 0 Å². The smallest absolute Gasteiger partial charge is 0.272 e. The molecule has 0 heterocycles. The number of nitrogens with zero attached hydrogens (tertiary/aromatic N) is 1. The van der Waals surface area contributed by atoms with E-state index in [1.807, 2.05) is 12.1 Å². The predicted octanol–water partition coefficient (Wildman–Crippen LogP) is 0.241. The van der Waals surface area contributed by atoms with Gasteiger partial charge in [0, 0.05) is 12.5 Å². The maximum atomic E-state index is 11.1. The molecule has 4 N–H and O–H groups in total. The third-order valence-electron chi connectivity index (χ3n) is 1.96. The Hall–Kier alpha value is -2.43. The van der Waals surface area contributed by atoms with E-state index in [1.54, 1.807) is 18.2 Å². The van der Waals surface area contributed by atoms with E-state index in [9.17, 15) is 9.59 Å². The van der Waals surface area contributed by atoms with E-state index in [0.29, 0.717) is 6.42 Å². The number of aliphatic imine (C=N–C) groups is 1. The molecule has 0 aliphatic rings. The van der Waals surface area contributed by atoms with Crippen molar-refractivity contribution in [1.82, 2.24) is 0 Å². The first-order chi connectivity index (χ1) is 8.11. The number of hydrogen-bond donors (Lipinski definition) is 2. The molecule has 0 atom stereocenters. The van der Waals surface area contributed by atoms with Gasteiger partial charge in [-0.25, -0.2) is 0 Å². The van der Waals surface area contributed by atoms with Crippen molar-refractivity contribution in [2.45, 2.75) is 6.42 Å². The fourth-order valence-electron chi connectivity index (χ4n) is 1.19. The van der Waals surface area contributed by atoms with Gasteiger partial charge in [0.2, 0.25) is 0 Å². The van der Waals surface area contributed by atoms with Gasteiger partial charge in [-0.15, -0.1) is 0 Å². The first-order valence-corrected chi connectivity index (χ1v) is 4.96. The van der Waals surface area contributed by atoms with Crippen LogP contribution < -0.4 is 11.5 Å².